The van der Waals surface area contributed by atoms with Gasteiger partial charge in [0, 0.05) is 10.0 Å². The third-order valence-corrected chi connectivity index (χ3v) is 3.54. The lowest BCUT2D eigenvalue weighted by Crippen LogP contribution is -2.12. The van der Waals surface area contributed by atoms with E-state index in [9.17, 15) is 0 Å². The molecule has 1 N–H and O–H groups in total. The van der Waals surface area contributed by atoms with Crippen LogP contribution in [0.5, 0.6) is 0 Å². The van der Waals surface area contributed by atoms with Crippen molar-refractivity contribution in [3.05, 3.63) is 40.8 Å². The van der Waals surface area contributed by atoms with Crippen molar-refractivity contribution >= 4 is 15.9 Å². The first-order valence-electron chi connectivity index (χ1n) is 5.78. The maximum Gasteiger partial charge on any atom is 0.212 e. The third-order valence-electron chi connectivity index (χ3n) is 3.01. The quantitative estimate of drug-likeness (QED) is 0.920. The monoisotopic (exact) mass is 292 g/mol. The average Bonchev–Trinajstić information content (AvgIpc) is 3.00. The van der Waals surface area contributed by atoms with Crippen LogP contribution in [0.15, 0.2) is 39.4 Å². The standard InChI is InChI=1S/C13H13BrN2O/c14-10-5-3-9(4-6-10)12-8-16-13(17-12)11-2-1-7-15-11/h3-6,8,11,15H,1-2,7H2. The molecule has 0 radical (unpaired) electrons. The van der Waals surface area contributed by atoms with Crippen LogP contribution in [0.25, 0.3) is 11.3 Å². The van der Waals surface area contributed by atoms with E-state index in [-0.39, 0.29) is 0 Å². The summed E-state index contributed by atoms with van der Waals surface area (Å²) < 4.78 is 6.87. The molecule has 2 aromatic rings. The average molecular weight is 293 g/mol. The highest BCUT2D eigenvalue weighted by atomic mass is 79.9. The van der Waals surface area contributed by atoms with Crippen molar-refractivity contribution in [1.82, 2.24) is 10.3 Å². The van der Waals surface area contributed by atoms with E-state index in [1.807, 2.05) is 24.3 Å². The molecule has 0 aliphatic carbocycles. The van der Waals surface area contributed by atoms with Crippen LogP contribution in [0.1, 0.15) is 24.8 Å². The number of nitrogens with zero attached hydrogens (tertiary/aromatic N) is 1. The fraction of sp³-hybridized carbons (Fsp3) is 0.308. The Morgan fingerprint density at radius 1 is 1.29 bits per heavy atom. The van der Waals surface area contributed by atoms with Gasteiger partial charge in [-0.15, -0.1) is 0 Å². The van der Waals surface area contributed by atoms with E-state index < -0.39 is 0 Å². The molecule has 1 aliphatic heterocycles. The predicted octanol–water partition coefficient (Wildman–Crippen LogP) is 3.53. The Balaban J connectivity index is 1.86. The Bertz CT molecular complexity index is 500. The van der Waals surface area contributed by atoms with Gasteiger partial charge in [-0.1, -0.05) is 28.1 Å². The first-order chi connectivity index (χ1) is 8.33. The van der Waals surface area contributed by atoms with Gasteiger partial charge in [0.2, 0.25) is 5.89 Å². The largest absolute Gasteiger partial charge is 0.439 e. The zero-order valence-corrected chi connectivity index (χ0v) is 10.9. The Labute approximate surface area is 108 Å². The van der Waals surface area contributed by atoms with Crippen LogP contribution in [0.4, 0.5) is 0 Å². The summed E-state index contributed by atoms with van der Waals surface area (Å²) in [5, 5.41) is 3.38. The van der Waals surface area contributed by atoms with Crippen molar-refractivity contribution in [3.63, 3.8) is 0 Å². The first kappa shape index (κ1) is 11.0. The molecule has 1 aromatic carbocycles. The number of benzene rings is 1. The highest BCUT2D eigenvalue weighted by molar-refractivity contribution is 9.10. The summed E-state index contributed by atoms with van der Waals surface area (Å²) in [7, 11) is 0. The van der Waals surface area contributed by atoms with E-state index in [0.717, 1.165) is 34.7 Å². The first-order valence-corrected chi connectivity index (χ1v) is 6.57. The van der Waals surface area contributed by atoms with Crippen molar-refractivity contribution in [2.75, 3.05) is 6.54 Å². The molecular weight excluding hydrogens is 280 g/mol. The lowest BCUT2D eigenvalue weighted by atomic mass is 10.2. The van der Waals surface area contributed by atoms with Gasteiger partial charge in [-0.2, -0.15) is 0 Å². The molecule has 1 aromatic heterocycles. The summed E-state index contributed by atoms with van der Waals surface area (Å²) in [6.45, 7) is 1.06. The number of hydrogen-bond acceptors (Lipinski definition) is 3. The Morgan fingerprint density at radius 3 is 2.82 bits per heavy atom. The van der Waals surface area contributed by atoms with Crippen molar-refractivity contribution in [2.24, 2.45) is 0 Å². The van der Waals surface area contributed by atoms with Gasteiger partial charge in [-0.3, -0.25) is 0 Å². The number of rotatable bonds is 2. The van der Waals surface area contributed by atoms with E-state index in [0.29, 0.717) is 6.04 Å². The van der Waals surface area contributed by atoms with Crippen molar-refractivity contribution < 1.29 is 4.42 Å². The normalized spacial score (nSPS) is 19.7. The summed E-state index contributed by atoms with van der Waals surface area (Å²) in [6, 6.07) is 8.35. The molecule has 2 heterocycles. The third kappa shape index (κ3) is 2.28. The Hall–Kier alpha value is -1.13. The van der Waals surface area contributed by atoms with Gasteiger partial charge in [-0.25, -0.2) is 4.98 Å². The van der Waals surface area contributed by atoms with E-state index in [1.54, 1.807) is 6.20 Å². The van der Waals surface area contributed by atoms with Gasteiger partial charge in [0.05, 0.1) is 12.2 Å². The van der Waals surface area contributed by atoms with E-state index in [1.165, 1.54) is 6.42 Å². The molecule has 17 heavy (non-hydrogen) atoms. The number of halogens is 1. The lowest BCUT2D eigenvalue weighted by Gasteiger charge is -2.03. The zero-order chi connectivity index (χ0) is 11.7. The van der Waals surface area contributed by atoms with Gasteiger partial charge in [0.1, 0.15) is 0 Å². The van der Waals surface area contributed by atoms with Crippen LogP contribution < -0.4 is 5.32 Å². The minimum absolute atomic E-state index is 0.291. The van der Waals surface area contributed by atoms with Gasteiger partial charge in [0.15, 0.2) is 5.76 Å². The van der Waals surface area contributed by atoms with E-state index in [4.69, 9.17) is 4.42 Å². The van der Waals surface area contributed by atoms with Crippen molar-refractivity contribution in [3.8, 4) is 11.3 Å². The molecule has 3 rings (SSSR count). The molecule has 1 unspecified atom stereocenters. The van der Waals surface area contributed by atoms with Crippen molar-refractivity contribution in [2.45, 2.75) is 18.9 Å². The van der Waals surface area contributed by atoms with Crippen LogP contribution in [0.3, 0.4) is 0 Å². The second-order valence-electron chi connectivity index (χ2n) is 4.22. The van der Waals surface area contributed by atoms with E-state index >= 15 is 0 Å². The molecule has 3 nitrogen and oxygen atoms in total. The number of nitrogens with one attached hydrogen (secondary N) is 1. The van der Waals surface area contributed by atoms with Gasteiger partial charge in [-0.05, 0) is 31.5 Å². The second kappa shape index (κ2) is 4.63. The molecule has 0 bridgehead atoms. The van der Waals surface area contributed by atoms with Gasteiger partial charge >= 0.3 is 0 Å². The zero-order valence-electron chi connectivity index (χ0n) is 9.32. The lowest BCUT2D eigenvalue weighted by molar-refractivity contribution is 0.437. The topological polar surface area (TPSA) is 38.1 Å². The summed E-state index contributed by atoms with van der Waals surface area (Å²) in [4.78, 5) is 4.36. The minimum Gasteiger partial charge on any atom is -0.439 e. The summed E-state index contributed by atoms with van der Waals surface area (Å²) >= 11 is 3.42. The molecule has 1 aliphatic rings. The summed E-state index contributed by atoms with van der Waals surface area (Å²) in [6.07, 6.45) is 4.11. The van der Waals surface area contributed by atoms with Crippen LogP contribution in [0.2, 0.25) is 0 Å². The Morgan fingerprint density at radius 2 is 2.12 bits per heavy atom. The fourth-order valence-corrected chi connectivity index (χ4v) is 2.36. The maximum atomic E-state index is 5.80. The molecule has 0 spiro atoms. The van der Waals surface area contributed by atoms with Crippen LogP contribution in [0, 0.1) is 0 Å². The van der Waals surface area contributed by atoms with Crippen molar-refractivity contribution in [1.29, 1.82) is 0 Å². The highest BCUT2D eigenvalue weighted by Gasteiger charge is 2.21. The molecule has 0 amide bonds. The number of oxazole rings is 1. The van der Waals surface area contributed by atoms with Gasteiger partial charge in [0.25, 0.3) is 0 Å². The fourth-order valence-electron chi connectivity index (χ4n) is 2.09. The molecule has 1 atom stereocenters. The van der Waals surface area contributed by atoms with E-state index in [2.05, 4.69) is 26.2 Å². The molecule has 0 saturated carbocycles. The highest BCUT2D eigenvalue weighted by Crippen LogP contribution is 2.27. The predicted molar refractivity (Wildman–Crippen MR) is 69.6 cm³/mol. The number of hydrogen-bond donors (Lipinski definition) is 1. The van der Waals surface area contributed by atoms with Crippen LogP contribution in [-0.2, 0) is 0 Å². The van der Waals surface area contributed by atoms with Gasteiger partial charge < -0.3 is 9.73 Å². The molecule has 1 fully saturated rings. The van der Waals surface area contributed by atoms with Crippen LogP contribution >= 0.6 is 15.9 Å². The second-order valence-corrected chi connectivity index (χ2v) is 5.13. The smallest absolute Gasteiger partial charge is 0.212 e. The van der Waals surface area contributed by atoms with Crippen LogP contribution in [-0.4, -0.2) is 11.5 Å². The molecule has 4 heteroatoms. The summed E-state index contributed by atoms with van der Waals surface area (Å²) in [5.74, 6) is 1.64. The molecule has 1 saturated heterocycles. The SMILES string of the molecule is Brc1ccc(-c2cnc(C3CCCN3)o2)cc1. The number of aromatic nitrogens is 1. The minimum atomic E-state index is 0.291. The Kier molecular flexibility index (Phi) is 2.99. The summed E-state index contributed by atoms with van der Waals surface area (Å²) in [5.41, 5.74) is 1.06. The molecule has 88 valence electrons. The molecular formula is C13H13BrN2O. The maximum absolute atomic E-state index is 5.80.